The van der Waals surface area contributed by atoms with Gasteiger partial charge in [-0.2, -0.15) is 0 Å². The number of carbonyl (C=O) groups excluding carboxylic acids is 1. The molecule has 5 nitrogen and oxygen atoms in total. The van der Waals surface area contributed by atoms with Crippen LogP contribution in [0.1, 0.15) is 47.5 Å². The maximum Gasteiger partial charge on any atom is 0.267 e. The molecule has 2 fully saturated rings. The van der Waals surface area contributed by atoms with Crippen molar-refractivity contribution in [2.75, 3.05) is 26.7 Å². The molecule has 2 aliphatic rings. The topological polar surface area (TPSA) is 49.3 Å². The molecule has 0 aliphatic carbocycles. The highest BCUT2D eigenvalue weighted by atomic mass is 32.1. The van der Waals surface area contributed by atoms with Crippen molar-refractivity contribution in [2.24, 2.45) is 0 Å². The minimum absolute atomic E-state index is 0.0816. The maximum absolute atomic E-state index is 12.8. The molecule has 2 aliphatic heterocycles. The number of nitrogens with zero attached hydrogens (tertiary/aromatic N) is 4. The van der Waals surface area contributed by atoms with Crippen molar-refractivity contribution in [2.45, 2.75) is 44.6 Å². The molecule has 3 rings (SSSR count). The number of hydrogen-bond acceptors (Lipinski definition) is 5. The monoisotopic (exact) mass is 294 g/mol. The van der Waals surface area contributed by atoms with Crippen LogP contribution in [0.4, 0.5) is 0 Å². The highest BCUT2D eigenvalue weighted by molar-refractivity contribution is 7.07. The average molecular weight is 294 g/mol. The molecule has 110 valence electrons. The van der Waals surface area contributed by atoms with Crippen LogP contribution in [0.15, 0.2) is 0 Å². The highest BCUT2D eigenvalue weighted by Crippen LogP contribution is 2.39. The van der Waals surface area contributed by atoms with E-state index in [1.54, 1.807) is 0 Å². The van der Waals surface area contributed by atoms with E-state index in [4.69, 9.17) is 0 Å². The van der Waals surface area contributed by atoms with Gasteiger partial charge in [0, 0.05) is 18.6 Å². The zero-order valence-corrected chi connectivity index (χ0v) is 13.1. The summed E-state index contributed by atoms with van der Waals surface area (Å²) >= 11 is 1.23. The van der Waals surface area contributed by atoms with Crippen molar-refractivity contribution in [1.82, 2.24) is 19.4 Å². The summed E-state index contributed by atoms with van der Waals surface area (Å²) in [6.45, 7) is 4.99. The number of likely N-dealkylation sites (tertiary alicyclic amines) is 2. The Kier molecular flexibility index (Phi) is 3.77. The molecule has 0 unspecified atom stereocenters. The molecular formula is C14H22N4OS. The Hall–Kier alpha value is -1.01. The van der Waals surface area contributed by atoms with E-state index in [9.17, 15) is 4.79 Å². The van der Waals surface area contributed by atoms with Gasteiger partial charge in [-0.1, -0.05) is 4.49 Å². The lowest BCUT2D eigenvalue weighted by molar-refractivity contribution is 0.0564. The highest BCUT2D eigenvalue weighted by Gasteiger charge is 2.44. The third-order valence-corrected chi connectivity index (χ3v) is 5.64. The van der Waals surface area contributed by atoms with Crippen LogP contribution in [0.25, 0.3) is 0 Å². The van der Waals surface area contributed by atoms with E-state index in [0.29, 0.717) is 0 Å². The van der Waals surface area contributed by atoms with Crippen molar-refractivity contribution in [3.05, 3.63) is 10.6 Å². The first kappa shape index (κ1) is 13.9. The van der Waals surface area contributed by atoms with Gasteiger partial charge in [0.05, 0.1) is 5.69 Å². The lowest BCUT2D eigenvalue weighted by atomic mass is 9.87. The van der Waals surface area contributed by atoms with Crippen LogP contribution in [0.2, 0.25) is 0 Å². The largest absolute Gasteiger partial charge is 0.332 e. The third kappa shape index (κ3) is 2.35. The first-order valence-electron chi connectivity index (χ1n) is 7.42. The normalized spacial score (nSPS) is 28.0. The first-order chi connectivity index (χ1) is 9.62. The maximum atomic E-state index is 12.8. The predicted molar refractivity (Wildman–Crippen MR) is 79.0 cm³/mol. The van der Waals surface area contributed by atoms with Gasteiger partial charge in [-0.25, -0.2) is 0 Å². The van der Waals surface area contributed by atoms with Gasteiger partial charge in [-0.3, -0.25) is 4.79 Å². The van der Waals surface area contributed by atoms with E-state index in [1.807, 2.05) is 6.92 Å². The minimum Gasteiger partial charge on any atom is -0.332 e. The van der Waals surface area contributed by atoms with Crippen LogP contribution < -0.4 is 0 Å². The van der Waals surface area contributed by atoms with Gasteiger partial charge < -0.3 is 9.80 Å². The van der Waals surface area contributed by atoms with Crippen molar-refractivity contribution in [1.29, 1.82) is 0 Å². The molecule has 1 amide bonds. The molecule has 1 aromatic rings. The van der Waals surface area contributed by atoms with Gasteiger partial charge in [0.15, 0.2) is 0 Å². The Balaban J connectivity index is 1.85. The molecule has 20 heavy (non-hydrogen) atoms. The van der Waals surface area contributed by atoms with E-state index >= 15 is 0 Å². The van der Waals surface area contributed by atoms with E-state index in [0.717, 1.165) is 55.9 Å². The number of aromatic nitrogens is 2. The van der Waals surface area contributed by atoms with Gasteiger partial charge in [0.2, 0.25) is 0 Å². The minimum atomic E-state index is 0.0816. The van der Waals surface area contributed by atoms with Crippen LogP contribution in [0.3, 0.4) is 0 Å². The second-order valence-corrected chi connectivity index (χ2v) is 6.88. The van der Waals surface area contributed by atoms with Crippen molar-refractivity contribution < 1.29 is 4.79 Å². The van der Waals surface area contributed by atoms with E-state index < -0.39 is 0 Å². The van der Waals surface area contributed by atoms with Crippen molar-refractivity contribution in [3.8, 4) is 0 Å². The predicted octanol–water partition coefficient (Wildman–Crippen LogP) is 1.94. The van der Waals surface area contributed by atoms with Crippen molar-refractivity contribution in [3.63, 3.8) is 0 Å². The number of carbonyl (C=O) groups is 1. The molecule has 1 aromatic heterocycles. The Morgan fingerprint density at radius 1 is 1.20 bits per heavy atom. The molecule has 0 aromatic carbocycles. The lowest BCUT2D eigenvalue weighted by Gasteiger charge is -2.38. The summed E-state index contributed by atoms with van der Waals surface area (Å²) in [6, 6.07) is 0. The summed E-state index contributed by atoms with van der Waals surface area (Å²) in [6.07, 6.45) is 5.69. The van der Waals surface area contributed by atoms with Crippen LogP contribution in [0.5, 0.6) is 0 Å². The summed E-state index contributed by atoms with van der Waals surface area (Å²) in [5, 5.41) is 3.99. The van der Waals surface area contributed by atoms with Crippen LogP contribution in [-0.4, -0.2) is 57.5 Å². The van der Waals surface area contributed by atoms with Crippen LogP contribution >= 0.6 is 11.5 Å². The molecule has 2 saturated heterocycles. The number of hydrogen-bond donors (Lipinski definition) is 0. The molecule has 3 heterocycles. The van der Waals surface area contributed by atoms with Gasteiger partial charge in [-0.05, 0) is 64.2 Å². The van der Waals surface area contributed by atoms with Crippen molar-refractivity contribution >= 4 is 17.4 Å². The molecule has 0 radical (unpaired) electrons. The summed E-state index contributed by atoms with van der Waals surface area (Å²) in [5.41, 5.74) is 0.853. The quantitative estimate of drug-likeness (QED) is 0.794. The molecule has 6 heteroatoms. The second-order valence-electron chi connectivity index (χ2n) is 6.13. The van der Waals surface area contributed by atoms with Gasteiger partial charge in [-0.15, -0.1) is 5.10 Å². The summed E-state index contributed by atoms with van der Waals surface area (Å²) in [5.74, 6) is 0.152. The number of aryl methyl sites for hydroxylation is 1. The summed E-state index contributed by atoms with van der Waals surface area (Å²) in [7, 11) is 2.18. The number of rotatable bonds is 1. The molecule has 0 bridgehead atoms. The molecule has 0 N–H and O–H groups in total. The smallest absolute Gasteiger partial charge is 0.267 e. The van der Waals surface area contributed by atoms with E-state index in [1.165, 1.54) is 18.0 Å². The Labute approximate surface area is 124 Å². The van der Waals surface area contributed by atoms with Gasteiger partial charge in [0.25, 0.3) is 5.91 Å². The zero-order chi connectivity index (χ0) is 14.2. The van der Waals surface area contributed by atoms with Crippen LogP contribution in [-0.2, 0) is 0 Å². The fourth-order valence-electron chi connectivity index (χ4n) is 3.64. The first-order valence-corrected chi connectivity index (χ1v) is 8.19. The second kappa shape index (κ2) is 5.41. The summed E-state index contributed by atoms with van der Waals surface area (Å²) < 4.78 is 3.91. The summed E-state index contributed by atoms with van der Waals surface area (Å²) in [4.78, 5) is 18.1. The molecule has 0 saturated carbocycles. The zero-order valence-electron chi connectivity index (χ0n) is 12.3. The number of amides is 1. The Morgan fingerprint density at radius 3 is 2.65 bits per heavy atom. The van der Waals surface area contributed by atoms with Crippen LogP contribution in [0, 0.1) is 6.92 Å². The van der Waals surface area contributed by atoms with E-state index in [2.05, 4.69) is 26.4 Å². The van der Waals surface area contributed by atoms with E-state index in [-0.39, 0.29) is 11.4 Å². The molecule has 1 spiro atoms. The fraction of sp³-hybridized carbons (Fsp3) is 0.786. The molecular weight excluding hydrogens is 272 g/mol. The Morgan fingerprint density at radius 2 is 1.95 bits per heavy atom. The standard InChI is InChI=1S/C14H22N4OS/c1-11-12(20-16-15-11)13(19)18-9-4-6-14(18)5-3-8-17(2)10-7-14/h3-10H2,1-2H3/t14-/m1/s1. The lowest BCUT2D eigenvalue weighted by Crippen LogP contribution is -2.47. The van der Waals surface area contributed by atoms with Gasteiger partial charge in [0.1, 0.15) is 4.88 Å². The average Bonchev–Trinajstić information content (AvgIpc) is 2.97. The fourth-order valence-corrected chi connectivity index (χ4v) is 4.25. The van der Waals surface area contributed by atoms with Gasteiger partial charge >= 0.3 is 0 Å². The SMILES string of the molecule is Cc1nnsc1C(=O)N1CCC[C@@]12CCCN(C)CC2. The third-order valence-electron chi connectivity index (χ3n) is 4.83. The molecule has 1 atom stereocenters. The Bertz CT molecular complexity index is 503.